The maximum atomic E-state index is 12.9. The molecule has 4 aromatic rings. The first kappa shape index (κ1) is 33.8. The molecular weight excluding hydrogens is 594 g/mol. The fraction of sp³-hybridized carbons (Fsp3) is 0.316. The second-order valence-corrected chi connectivity index (χ2v) is 12.0. The molecule has 5 atom stereocenters. The number of aliphatic hydroxyl groups is 1. The molecule has 9 heteroatoms. The quantitative estimate of drug-likeness (QED) is 0.163. The van der Waals surface area contributed by atoms with Gasteiger partial charge in [0, 0.05) is 36.7 Å². The first-order valence-corrected chi connectivity index (χ1v) is 15.8. The fourth-order valence-electron chi connectivity index (χ4n) is 5.83. The molecule has 9 nitrogen and oxygen atoms in total. The number of nitrogens with one attached hydrogen (secondary N) is 2. The summed E-state index contributed by atoms with van der Waals surface area (Å²) in [5.74, 6) is -0.475. The number of ether oxygens (including phenoxy) is 3. The van der Waals surface area contributed by atoms with E-state index in [1.54, 1.807) is 12.1 Å². The van der Waals surface area contributed by atoms with E-state index >= 15 is 0 Å². The molecule has 1 aliphatic rings. The zero-order chi connectivity index (χ0) is 33.2. The maximum absolute atomic E-state index is 12.9. The van der Waals surface area contributed by atoms with Crippen molar-refractivity contribution in [3.05, 3.63) is 137 Å². The van der Waals surface area contributed by atoms with Gasteiger partial charge < -0.3 is 30.0 Å². The number of carbonyl (C=O) groups excluding carboxylic acids is 2. The number of rotatable bonds is 12. The molecule has 0 aliphatic carbocycles. The number of methoxy groups -OCH3 is 1. The van der Waals surface area contributed by atoms with Gasteiger partial charge in [-0.2, -0.15) is 0 Å². The molecule has 2 amide bonds. The maximum Gasteiger partial charge on any atom is 0.328 e. The highest BCUT2D eigenvalue weighted by Gasteiger charge is 2.38. The van der Waals surface area contributed by atoms with Crippen LogP contribution in [-0.4, -0.2) is 54.9 Å². The standard InChI is InChI=1S/C38H43N3O6/c1-26-34(24-41(2)23-28-12-8-5-9-13-28)46-37(47-35(26)30-16-14-29(25-42)15-17-30)31-18-20-32(21-19-31)39-38(44)40-33(36(43)45-3)22-27-10-6-4-7-11-27/h4-21,26,33-35,37,42H,22-25H2,1-3H3,(H2,39,40,44)/t26-,33+,34+,35+,37+/m1/s1. The molecule has 0 spiro atoms. The number of hydrogen-bond acceptors (Lipinski definition) is 7. The molecule has 246 valence electrons. The molecule has 0 bridgehead atoms. The summed E-state index contributed by atoms with van der Waals surface area (Å²) in [4.78, 5) is 27.5. The van der Waals surface area contributed by atoms with Crippen LogP contribution in [0.15, 0.2) is 109 Å². The van der Waals surface area contributed by atoms with Gasteiger partial charge in [-0.15, -0.1) is 0 Å². The summed E-state index contributed by atoms with van der Waals surface area (Å²) in [7, 11) is 3.39. The van der Waals surface area contributed by atoms with E-state index in [1.807, 2.05) is 84.9 Å². The minimum atomic E-state index is -0.840. The van der Waals surface area contributed by atoms with Crippen molar-refractivity contribution in [3.8, 4) is 0 Å². The van der Waals surface area contributed by atoms with Crippen LogP contribution in [0.1, 0.15) is 47.1 Å². The summed E-state index contributed by atoms with van der Waals surface area (Å²) in [5, 5.41) is 15.1. The van der Waals surface area contributed by atoms with Gasteiger partial charge in [0.2, 0.25) is 0 Å². The number of nitrogens with zero attached hydrogens (tertiary/aromatic N) is 1. The average molecular weight is 638 g/mol. The van der Waals surface area contributed by atoms with Crippen molar-refractivity contribution in [2.24, 2.45) is 5.92 Å². The van der Waals surface area contributed by atoms with Crippen molar-refractivity contribution in [2.75, 3.05) is 26.0 Å². The number of urea groups is 1. The molecule has 1 aliphatic heterocycles. The second-order valence-electron chi connectivity index (χ2n) is 12.0. The Bertz CT molecular complexity index is 1570. The molecule has 47 heavy (non-hydrogen) atoms. The summed E-state index contributed by atoms with van der Waals surface area (Å²) in [5.41, 5.74) is 5.36. The van der Waals surface area contributed by atoms with Crippen LogP contribution in [0.3, 0.4) is 0 Å². The monoisotopic (exact) mass is 637 g/mol. The Morgan fingerprint density at radius 3 is 2.06 bits per heavy atom. The molecule has 5 rings (SSSR count). The Balaban J connectivity index is 1.28. The highest BCUT2D eigenvalue weighted by Crippen LogP contribution is 2.42. The van der Waals surface area contributed by atoms with Crippen LogP contribution in [-0.2, 0) is 38.6 Å². The third kappa shape index (κ3) is 9.27. The molecule has 1 saturated heterocycles. The molecule has 1 fully saturated rings. The molecular formula is C38H43N3O6. The minimum Gasteiger partial charge on any atom is -0.467 e. The number of carbonyl (C=O) groups is 2. The Labute approximate surface area is 276 Å². The molecule has 3 N–H and O–H groups in total. The number of hydrogen-bond donors (Lipinski definition) is 3. The van der Waals surface area contributed by atoms with Crippen LogP contribution in [0.5, 0.6) is 0 Å². The predicted molar refractivity (Wildman–Crippen MR) is 180 cm³/mol. The van der Waals surface area contributed by atoms with E-state index in [0.29, 0.717) is 18.7 Å². The van der Waals surface area contributed by atoms with Crippen LogP contribution in [0.2, 0.25) is 0 Å². The normalized spacial score (nSPS) is 19.9. The lowest BCUT2D eigenvalue weighted by atomic mass is 9.90. The van der Waals surface area contributed by atoms with Gasteiger partial charge in [0.1, 0.15) is 6.04 Å². The molecule has 0 radical (unpaired) electrons. The number of amides is 2. The number of anilines is 1. The van der Waals surface area contributed by atoms with E-state index in [-0.39, 0.29) is 24.7 Å². The summed E-state index contributed by atoms with van der Waals surface area (Å²) < 4.78 is 18.1. The van der Waals surface area contributed by atoms with Crippen molar-refractivity contribution in [1.82, 2.24) is 10.2 Å². The number of likely N-dealkylation sites (N-methyl/N-ethyl adjacent to an activating group) is 1. The van der Waals surface area contributed by atoms with Gasteiger partial charge in [0.15, 0.2) is 6.29 Å². The predicted octanol–water partition coefficient (Wildman–Crippen LogP) is 6.01. The summed E-state index contributed by atoms with van der Waals surface area (Å²) in [6.07, 6.45) is -0.699. The van der Waals surface area contributed by atoms with Crippen molar-refractivity contribution >= 4 is 17.7 Å². The van der Waals surface area contributed by atoms with Crippen molar-refractivity contribution < 1.29 is 28.9 Å². The van der Waals surface area contributed by atoms with E-state index in [0.717, 1.165) is 28.8 Å². The second kappa shape index (κ2) is 16.3. The lowest BCUT2D eigenvalue weighted by Crippen LogP contribution is -2.45. The Morgan fingerprint density at radius 1 is 0.830 bits per heavy atom. The van der Waals surface area contributed by atoms with Gasteiger partial charge >= 0.3 is 12.0 Å². The van der Waals surface area contributed by atoms with Gasteiger partial charge in [-0.1, -0.05) is 104 Å². The fourth-order valence-corrected chi connectivity index (χ4v) is 5.83. The van der Waals surface area contributed by atoms with Crippen molar-refractivity contribution in [2.45, 2.75) is 51.0 Å². The summed E-state index contributed by atoms with van der Waals surface area (Å²) in [6, 6.07) is 33.6. The van der Waals surface area contributed by atoms with Gasteiger partial charge in [-0.05, 0) is 41.4 Å². The SMILES string of the molecule is COC(=O)[C@H](Cc1ccccc1)NC(=O)Nc1ccc([C@H]2O[C@@H](CN(C)Cc3ccccc3)[C@@H](C)[C@@H](c3ccc(CO)cc3)O2)cc1. The van der Waals surface area contributed by atoms with E-state index in [4.69, 9.17) is 14.2 Å². The Morgan fingerprint density at radius 2 is 1.45 bits per heavy atom. The van der Waals surface area contributed by atoms with Crippen molar-refractivity contribution in [1.29, 1.82) is 0 Å². The number of benzene rings is 4. The number of esters is 1. The van der Waals surface area contributed by atoms with E-state index in [2.05, 4.69) is 41.6 Å². The van der Waals surface area contributed by atoms with Crippen LogP contribution < -0.4 is 10.6 Å². The highest BCUT2D eigenvalue weighted by molar-refractivity contribution is 5.92. The van der Waals surface area contributed by atoms with Crippen LogP contribution >= 0.6 is 0 Å². The van der Waals surface area contributed by atoms with Gasteiger partial charge in [-0.25, -0.2) is 9.59 Å². The minimum absolute atomic E-state index is 0.0191. The number of aliphatic hydroxyl groups excluding tert-OH is 1. The van der Waals surface area contributed by atoms with Crippen LogP contribution in [0.4, 0.5) is 10.5 Å². The average Bonchev–Trinajstić information content (AvgIpc) is 3.10. The Hall–Kier alpha value is -4.54. The smallest absolute Gasteiger partial charge is 0.328 e. The molecule has 4 aromatic carbocycles. The largest absolute Gasteiger partial charge is 0.467 e. The molecule has 0 aromatic heterocycles. The third-order valence-corrected chi connectivity index (χ3v) is 8.42. The van der Waals surface area contributed by atoms with Gasteiger partial charge in [0.05, 0.1) is 25.9 Å². The van der Waals surface area contributed by atoms with Gasteiger partial charge in [0.25, 0.3) is 0 Å². The summed E-state index contributed by atoms with van der Waals surface area (Å²) in [6.45, 7) is 3.62. The zero-order valence-electron chi connectivity index (χ0n) is 27.0. The van der Waals surface area contributed by atoms with Crippen molar-refractivity contribution in [3.63, 3.8) is 0 Å². The van der Waals surface area contributed by atoms with E-state index in [9.17, 15) is 14.7 Å². The molecule has 0 saturated carbocycles. The van der Waals surface area contributed by atoms with Gasteiger partial charge in [-0.3, -0.25) is 4.90 Å². The lowest BCUT2D eigenvalue weighted by molar-refractivity contribution is -0.276. The van der Waals surface area contributed by atoms with Crippen LogP contribution in [0.25, 0.3) is 0 Å². The molecule has 1 heterocycles. The highest BCUT2D eigenvalue weighted by atomic mass is 16.7. The van der Waals surface area contributed by atoms with E-state index in [1.165, 1.54) is 12.7 Å². The lowest BCUT2D eigenvalue weighted by Gasteiger charge is -2.42. The first-order valence-electron chi connectivity index (χ1n) is 15.8. The third-order valence-electron chi connectivity index (χ3n) is 8.42. The first-order chi connectivity index (χ1) is 22.8. The molecule has 0 unspecified atom stereocenters. The van der Waals surface area contributed by atoms with Crippen LogP contribution in [0, 0.1) is 5.92 Å². The topological polar surface area (TPSA) is 109 Å². The Kier molecular flexibility index (Phi) is 11.8. The zero-order valence-corrected chi connectivity index (χ0v) is 27.0. The summed E-state index contributed by atoms with van der Waals surface area (Å²) >= 11 is 0. The van der Waals surface area contributed by atoms with E-state index < -0.39 is 24.3 Å².